The van der Waals surface area contributed by atoms with Gasteiger partial charge in [0.2, 0.25) is 0 Å². The lowest BCUT2D eigenvalue weighted by atomic mass is 10.2. The first kappa shape index (κ1) is 15.7. The van der Waals surface area contributed by atoms with E-state index in [2.05, 4.69) is 0 Å². The fourth-order valence-corrected chi connectivity index (χ4v) is 1.69. The van der Waals surface area contributed by atoms with Crippen LogP contribution >= 0.6 is 0 Å². The summed E-state index contributed by atoms with van der Waals surface area (Å²) in [6.45, 7) is -0.342. The van der Waals surface area contributed by atoms with Crippen LogP contribution in [0.15, 0.2) is 42.5 Å². The monoisotopic (exact) mass is 315 g/mol. The zero-order valence-electron chi connectivity index (χ0n) is 10.9. The second-order valence-corrected chi connectivity index (χ2v) is 4.35. The lowest BCUT2D eigenvalue weighted by Gasteiger charge is -2.10. The van der Waals surface area contributed by atoms with Gasteiger partial charge in [0.25, 0.3) is 5.69 Å². The Morgan fingerprint density at radius 3 is 2.45 bits per heavy atom. The van der Waals surface area contributed by atoms with Crippen LogP contribution in [0, 0.1) is 15.9 Å². The summed E-state index contributed by atoms with van der Waals surface area (Å²) < 4.78 is 56.3. The fraction of sp³-hybridized carbons (Fsp3) is 0.143. The molecule has 0 aliphatic heterocycles. The molecule has 0 bridgehead atoms. The van der Waals surface area contributed by atoms with Crippen LogP contribution in [-0.2, 0) is 12.8 Å². The first-order valence-electron chi connectivity index (χ1n) is 6.00. The molecule has 0 radical (unpaired) electrons. The Balaban J connectivity index is 2.12. The lowest BCUT2D eigenvalue weighted by Crippen LogP contribution is -2.05. The number of ether oxygens (including phenoxy) is 1. The van der Waals surface area contributed by atoms with Gasteiger partial charge in [-0.3, -0.25) is 10.1 Å². The molecule has 2 aromatic rings. The predicted molar refractivity (Wildman–Crippen MR) is 68.8 cm³/mol. The Morgan fingerprint density at radius 1 is 1.14 bits per heavy atom. The minimum atomic E-state index is -4.50. The second kappa shape index (κ2) is 6.00. The number of nitro benzene ring substituents is 1. The Hall–Kier alpha value is -2.64. The van der Waals surface area contributed by atoms with Gasteiger partial charge in [0.1, 0.15) is 18.2 Å². The summed E-state index contributed by atoms with van der Waals surface area (Å²) in [6, 6.07) is 7.13. The smallest absolute Gasteiger partial charge is 0.416 e. The molecule has 116 valence electrons. The minimum absolute atomic E-state index is 0.00279. The number of nitrogens with zero attached hydrogens (tertiary/aromatic N) is 1. The maximum Gasteiger partial charge on any atom is 0.416 e. The Kier molecular flexibility index (Phi) is 4.30. The second-order valence-electron chi connectivity index (χ2n) is 4.35. The molecule has 2 aromatic carbocycles. The van der Waals surface area contributed by atoms with Crippen LogP contribution in [0.2, 0.25) is 0 Å². The maximum atomic E-state index is 13.6. The zero-order chi connectivity index (χ0) is 16.3. The van der Waals surface area contributed by atoms with E-state index in [1.807, 2.05) is 0 Å². The number of hydrogen-bond donors (Lipinski definition) is 0. The molecule has 4 nitrogen and oxygen atoms in total. The molecule has 0 heterocycles. The lowest BCUT2D eigenvalue weighted by molar-refractivity contribution is -0.385. The van der Waals surface area contributed by atoms with E-state index < -0.39 is 28.2 Å². The van der Waals surface area contributed by atoms with Crippen LogP contribution in [0.5, 0.6) is 5.75 Å². The molecule has 8 heteroatoms. The van der Waals surface area contributed by atoms with E-state index in [4.69, 9.17) is 4.74 Å². The molecule has 0 saturated carbocycles. The van der Waals surface area contributed by atoms with Crippen molar-refractivity contribution in [1.82, 2.24) is 0 Å². The van der Waals surface area contributed by atoms with Crippen molar-refractivity contribution in [2.24, 2.45) is 0 Å². The normalized spacial score (nSPS) is 11.3. The molecule has 0 unspecified atom stereocenters. The number of alkyl halides is 3. The molecule has 0 aliphatic rings. The van der Waals surface area contributed by atoms with E-state index >= 15 is 0 Å². The molecular weight excluding hydrogens is 306 g/mol. The number of rotatable bonds is 4. The third-order valence-corrected chi connectivity index (χ3v) is 2.80. The largest absolute Gasteiger partial charge is 0.489 e. The molecule has 0 amide bonds. The van der Waals surface area contributed by atoms with E-state index in [0.717, 1.165) is 30.3 Å². The number of hydrogen-bond acceptors (Lipinski definition) is 3. The summed E-state index contributed by atoms with van der Waals surface area (Å²) in [5.74, 6) is -0.936. The Bertz CT molecular complexity index is 701. The highest BCUT2D eigenvalue weighted by molar-refractivity contribution is 5.35. The quantitative estimate of drug-likeness (QED) is 0.479. The van der Waals surface area contributed by atoms with Gasteiger partial charge in [0.15, 0.2) is 0 Å². The van der Waals surface area contributed by atoms with E-state index in [1.54, 1.807) is 0 Å². The zero-order valence-corrected chi connectivity index (χ0v) is 10.9. The van der Waals surface area contributed by atoms with Crippen molar-refractivity contribution >= 4 is 5.69 Å². The van der Waals surface area contributed by atoms with Gasteiger partial charge in [-0.05, 0) is 24.3 Å². The molecule has 0 fully saturated rings. The third-order valence-electron chi connectivity index (χ3n) is 2.80. The molecule has 0 aliphatic carbocycles. The van der Waals surface area contributed by atoms with E-state index in [1.165, 1.54) is 12.1 Å². The van der Waals surface area contributed by atoms with Gasteiger partial charge in [-0.2, -0.15) is 13.2 Å². The van der Waals surface area contributed by atoms with Gasteiger partial charge in [-0.1, -0.05) is 6.07 Å². The molecule has 2 rings (SSSR count). The average Bonchev–Trinajstić information content (AvgIpc) is 2.45. The molecule has 0 spiro atoms. The van der Waals surface area contributed by atoms with Crippen LogP contribution in [-0.4, -0.2) is 4.92 Å². The molecule has 0 atom stereocenters. The Morgan fingerprint density at radius 2 is 1.86 bits per heavy atom. The standard InChI is InChI=1S/C14H9F4NO3/c15-13-7-11(19(20)21)5-4-9(13)8-22-12-3-1-2-10(6-12)14(16,17)18/h1-7H,8H2. The summed E-state index contributed by atoms with van der Waals surface area (Å²) >= 11 is 0. The number of halogens is 4. The first-order chi connectivity index (χ1) is 10.3. The fourth-order valence-electron chi connectivity index (χ4n) is 1.69. The van der Waals surface area contributed by atoms with Crippen LogP contribution in [0.1, 0.15) is 11.1 Å². The van der Waals surface area contributed by atoms with E-state index in [0.29, 0.717) is 0 Å². The van der Waals surface area contributed by atoms with Crippen LogP contribution in [0.25, 0.3) is 0 Å². The van der Waals surface area contributed by atoms with Gasteiger partial charge in [-0.15, -0.1) is 0 Å². The van der Waals surface area contributed by atoms with E-state index in [-0.39, 0.29) is 17.9 Å². The topological polar surface area (TPSA) is 52.4 Å². The van der Waals surface area contributed by atoms with Crippen LogP contribution in [0.4, 0.5) is 23.2 Å². The minimum Gasteiger partial charge on any atom is -0.489 e. The average molecular weight is 315 g/mol. The van der Waals surface area contributed by atoms with Crippen molar-refractivity contribution in [3.8, 4) is 5.75 Å². The number of non-ortho nitro benzene ring substituents is 1. The maximum absolute atomic E-state index is 13.6. The van der Waals surface area contributed by atoms with Crippen molar-refractivity contribution in [2.75, 3.05) is 0 Å². The third kappa shape index (κ3) is 3.72. The van der Waals surface area contributed by atoms with Crippen LogP contribution < -0.4 is 4.74 Å². The highest BCUT2D eigenvalue weighted by Gasteiger charge is 2.30. The summed E-state index contributed by atoms with van der Waals surface area (Å²) in [5.41, 5.74) is -1.29. The summed E-state index contributed by atoms with van der Waals surface area (Å²) in [7, 11) is 0. The highest BCUT2D eigenvalue weighted by atomic mass is 19.4. The van der Waals surface area contributed by atoms with Crippen molar-refractivity contribution < 1.29 is 27.2 Å². The van der Waals surface area contributed by atoms with Gasteiger partial charge in [0.05, 0.1) is 16.6 Å². The first-order valence-corrected chi connectivity index (χ1v) is 6.00. The van der Waals surface area contributed by atoms with Crippen molar-refractivity contribution in [1.29, 1.82) is 0 Å². The van der Waals surface area contributed by atoms with E-state index in [9.17, 15) is 27.7 Å². The molecular formula is C14H9F4NO3. The van der Waals surface area contributed by atoms with Crippen molar-refractivity contribution in [2.45, 2.75) is 12.8 Å². The van der Waals surface area contributed by atoms with Crippen molar-refractivity contribution in [3.63, 3.8) is 0 Å². The SMILES string of the molecule is O=[N+]([O-])c1ccc(COc2cccc(C(F)(F)F)c2)c(F)c1. The van der Waals surface area contributed by atoms with Gasteiger partial charge >= 0.3 is 6.18 Å². The predicted octanol–water partition coefficient (Wildman–Crippen LogP) is 4.33. The van der Waals surface area contributed by atoms with Crippen LogP contribution in [0.3, 0.4) is 0 Å². The summed E-state index contributed by atoms with van der Waals surface area (Å²) in [5, 5.41) is 10.5. The molecule has 0 aromatic heterocycles. The van der Waals surface area contributed by atoms with Gasteiger partial charge in [0, 0.05) is 11.6 Å². The number of nitro groups is 1. The molecule has 0 saturated heterocycles. The van der Waals surface area contributed by atoms with Gasteiger partial charge in [-0.25, -0.2) is 4.39 Å². The summed E-state index contributed by atoms with van der Waals surface area (Å²) in [6.07, 6.45) is -4.50. The van der Waals surface area contributed by atoms with Gasteiger partial charge < -0.3 is 4.74 Å². The Labute approximate surface area is 122 Å². The number of benzene rings is 2. The molecule has 22 heavy (non-hydrogen) atoms. The van der Waals surface area contributed by atoms with Crippen molar-refractivity contribution in [3.05, 3.63) is 69.5 Å². The summed E-state index contributed by atoms with van der Waals surface area (Å²) in [4.78, 5) is 9.73. The highest BCUT2D eigenvalue weighted by Crippen LogP contribution is 2.31. The molecule has 0 N–H and O–H groups in total.